The zero-order valence-electron chi connectivity index (χ0n) is 13.9. The van der Waals surface area contributed by atoms with Crippen LogP contribution in [-0.4, -0.2) is 54.1 Å². The van der Waals surface area contributed by atoms with Gasteiger partial charge in [-0.3, -0.25) is 9.69 Å². The SMILES string of the molecule is CCN1CC2(CCN(Cc3ccc(C#N)c(F)c3)CC2)OCC1=O. The van der Waals surface area contributed by atoms with E-state index < -0.39 is 5.82 Å². The zero-order valence-corrected chi connectivity index (χ0v) is 13.9. The molecule has 0 bridgehead atoms. The van der Waals surface area contributed by atoms with Gasteiger partial charge in [0.05, 0.1) is 11.2 Å². The van der Waals surface area contributed by atoms with Crippen LogP contribution in [-0.2, 0) is 16.1 Å². The summed E-state index contributed by atoms with van der Waals surface area (Å²) in [6, 6.07) is 6.62. The molecule has 1 amide bonds. The fourth-order valence-electron chi connectivity index (χ4n) is 3.50. The number of likely N-dealkylation sites (tertiary alicyclic amines) is 1. The molecule has 128 valence electrons. The van der Waals surface area contributed by atoms with Crippen LogP contribution in [0.5, 0.6) is 0 Å². The molecule has 6 heteroatoms. The van der Waals surface area contributed by atoms with Crippen LogP contribution in [0, 0.1) is 17.1 Å². The minimum absolute atomic E-state index is 0.0682. The standard InChI is InChI=1S/C18H22FN3O2/c1-2-22-13-18(24-12-17(22)23)5-7-21(8-6-18)11-14-3-4-15(10-20)16(19)9-14/h3-4,9H,2,5-8,11-13H2,1H3. The number of carbonyl (C=O) groups excluding carboxylic acids is 1. The third-order valence-corrected chi connectivity index (χ3v) is 5.04. The Morgan fingerprint density at radius 1 is 1.38 bits per heavy atom. The Morgan fingerprint density at radius 3 is 2.75 bits per heavy atom. The fourth-order valence-corrected chi connectivity index (χ4v) is 3.50. The highest BCUT2D eigenvalue weighted by molar-refractivity contribution is 5.78. The predicted octanol–water partition coefficient (Wildman–Crippen LogP) is 1.91. The van der Waals surface area contributed by atoms with Gasteiger partial charge in [-0.25, -0.2) is 4.39 Å². The van der Waals surface area contributed by atoms with E-state index in [2.05, 4.69) is 4.90 Å². The van der Waals surface area contributed by atoms with Crippen molar-refractivity contribution in [2.45, 2.75) is 31.9 Å². The molecule has 1 aromatic carbocycles. The summed E-state index contributed by atoms with van der Waals surface area (Å²) in [5, 5.41) is 8.79. The Bertz CT molecular complexity index is 663. The maximum Gasteiger partial charge on any atom is 0.248 e. The average molecular weight is 331 g/mol. The van der Waals surface area contributed by atoms with Crippen molar-refractivity contribution in [3.63, 3.8) is 0 Å². The summed E-state index contributed by atoms with van der Waals surface area (Å²) in [5.41, 5.74) is 0.727. The molecule has 0 aromatic heterocycles. The number of amides is 1. The summed E-state index contributed by atoms with van der Waals surface area (Å²) in [4.78, 5) is 15.9. The molecule has 2 aliphatic rings. The van der Waals surface area contributed by atoms with Gasteiger partial charge in [-0.2, -0.15) is 5.26 Å². The molecule has 0 N–H and O–H groups in total. The number of benzene rings is 1. The van der Waals surface area contributed by atoms with Crippen LogP contribution < -0.4 is 0 Å². The van der Waals surface area contributed by atoms with E-state index in [0.717, 1.165) is 38.0 Å². The first-order chi connectivity index (χ1) is 11.5. The van der Waals surface area contributed by atoms with E-state index in [9.17, 15) is 9.18 Å². The fraction of sp³-hybridized carbons (Fsp3) is 0.556. The van der Waals surface area contributed by atoms with E-state index in [0.29, 0.717) is 13.1 Å². The van der Waals surface area contributed by atoms with E-state index in [1.807, 2.05) is 17.9 Å². The van der Waals surface area contributed by atoms with Gasteiger partial charge in [-0.15, -0.1) is 0 Å². The molecular weight excluding hydrogens is 309 g/mol. The number of halogens is 1. The van der Waals surface area contributed by atoms with Gasteiger partial charge in [0.1, 0.15) is 18.5 Å². The van der Waals surface area contributed by atoms with Gasteiger partial charge in [0.15, 0.2) is 0 Å². The van der Waals surface area contributed by atoms with Crippen molar-refractivity contribution in [2.24, 2.45) is 0 Å². The summed E-state index contributed by atoms with van der Waals surface area (Å²) in [6.45, 7) is 5.93. The van der Waals surface area contributed by atoms with E-state index in [-0.39, 0.29) is 23.7 Å². The van der Waals surface area contributed by atoms with Crippen LogP contribution in [0.15, 0.2) is 18.2 Å². The first kappa shape index (κ1) is 16.9. The smallest absolute Gasteiger partial charge is 0.248 e. The van der Waals surface area contributed by atoms with Crippen LogP contribution in [0.3, 0.4) is 0 Å². The quantitative estimate of drug-likeness (QED) is 0.849. The Kier molecular flexibility index (Phi) is 4.83. The minimum Gasteiger partial charge on any atom is -0.363 e. The van der Waals surface area contributed by atoms with Crippen molar-refractivity contribution in [2.75, 3.05) is 32.8 Å². The summed E-state index contributed by atoms with van der Waals surface area (Å²) < 4.78 is 19.6. The first-order valence-corrected chi connectivity index (χ1v) is 8.38. The summed E-state index contributed by atoms with van der Waals surface area (Å²) >= 11 is 0. The second-order valence-electron chi connectivity index (χ2n) is 6.58. The van der Waals surface area contributed by atoms with E-state index in [1.54, 1.807) is 6.07 Å². The first-order valence-electron chi connectivity index (χ1n) is 8.38. The van der Waals surface area contributed by atoms with E-state index in [1.165, 1.54) is 12.1 Å². The molecule has 0 unspecified atom stereocenters. The van der Waals surface area contributed by atoms with Crippen molar-refractivity contribution in [1.29, 1.82) is 5.26 Å². The van der Waals surface area contributed by atoms with Crippen LogP contribution in [0.4, 0.5) is 4.39 Å². The molecule has 1 aromatic rings. The van der Waals surface area contributed by atoms with Crippen molar-refractivity contribution in [3.05, 3.63) is 35.1 Å². The summed E-state index contributed by atoms with van der Waals surface area (Å²) in [7, 11) is 0. The van der Waals surface area contributed by atoms with Crippen LogP contribution in [0.1, 0.15) is 30.9 Å². The molecular formula is C18H22FN3O2. The number of ether oxygens (including phenoxy) is 1. The lowest BCUT2D eigenvalue weighted by molar-refractivity contribution is -0.171. The second-order valence-corrected chi connectivity index (χ2v) is 6.58. The van der Waals surface area contributed by atoms with Crippen molar-refractivity contribution in [1.82, 2.24) is 9.80 Å². The van der Waals surface area contributed by atoms with Crippen molar-refractivity contribution in [3.8, 4) is 6.07 Å². The number of likely N-dealkylation sites (N-methyl/N-ethyl adjacent to an activating group) is 1. The monoisotopic (exact) mass is 331 g/mol. The molecule has 1 spiro atoms. The minimum atomic E-state index is -0.462. The topological polar surface area (TPSA) is 56.6 Å². The van der Waals surface area contributed by atoms with Crippen LogP contribution in [0.25, 0.3) is 0 Å². The number of hydrogen-bond acceptors (Lipinski definition) is 4. The van der Waals surface area contributed by atoms with Crippen molar-refractivity contribution >= 4 is 5.91 Å². The van der Waals surface area contributed by atoms with Gasteiger partial charge in [-0.1, -0.05) is 6.07 Å². The summed E-state index contributed by atoms with van der Waals surface area (Å²) in [5.74, 6) is -0.394. The largest absolute Gasteiger partial charge is 0.363 e. The lowest BCUT2D eigenvalue weighted by Gasteiger charge is -2.46. The van der Waals surface area contributed by atoms with Gasteiger partial charge in [0, 0.05) is 32.7 Å². The predicted molar refractivity (Wildman–Crippen MR) is 86.6 cm³/mol. The molecule has 0 atom stereocenters. The van der Waals surface area contributed by atoms with Gasteiger partial charge in [0.2, 0.25) is 5.91 Å². The lowest BCUT2D eigenvalue weighted by Crippen LogP contribution is -2.58. The zero-order chi connectivity index (χ0) is 17.2. The Labute approximate surface area is 141 Å². The van der Waals surface area contributed by atoms with Gasteiger partial charge in [0.25, 0.3) is 0 Å². The normalized spacial score (nSPS) is 21.0. The average Bonchev–Trinajstić information content (AvgIpc) is 2.59. The van der Waals surface area contributed by atoms with E-state index in [4.69, 9.17) is 10.00 Å². The van der Waals surface area contributed by atoms with Gasteiger partial charge in [-0.05, 0) is 37.5 Å². The number of nitriles is 1. The second kappa shape index (κ2) is 6.88. The number of carbonyl (C=O) groups is 1. The Morgan fingerprint density at radius 2 is 2.12 bits per heavy atom. The van der Waals surface area contributed by atoms with Crippen molar-refractivity contribution < 1.29 is 13.9 Å². The molecule has 0 radical (unpaired) electrons. The molecule has 3 rings (SSSR count). The van der Waals surface area contributed by atoms with Crippen LogP contribution in [0.2, 0.25) is 0 Å². The molecule has 2 heterocycles. The molecule has 24 heavy (non-hydrogen) atoms. The molecule has 2 aliphatic heterocycles. The number of morpholine rings is 1. The maximum atomic E-state index is 13.7. The molecule has 5 nitrogen and oxygen atoms in total. The number of nitrogens with zero attached hydrogens (tertiary/aromatic N) is 3. The molecule has 0 saturated carbocycles. The molecule has 2 fully saturated rings. The summed E-state index contributed by atoms with van der Waals surface area (Å²) in [6.07, 6.45) is 1.74. The Hall–Kier alpha value is -1.97. The van der Waals surface area contributed by atoms with Gasteiger partial charge < -0.3 is 9.64 Å². The molecule has 2 saturated heterocycles. The third kappa shape index (κ3) is 3.42. The van der Waals surface area contributed by atoms with Crippen LogP contribution >= 0.6 is 0 Å². The number of piperidine rings is 1. The Balaban J connectivity index is 1.58. The highest BCUT2D eigenvalue weighted by Crippen LogP contribution is 2.31. The number of rotatable bonds is 3. The highest BCUT2D eigenvalue weighted by atomic mass is 19.1. The van der Waals surface area contributed by atoms with E-state index >= 15 is 0 Å². The maximum absolute atomic E-state index is 13.7. The highest BCUT2D eigenvalue weighted by Gasteiger charge is 2.41. The third-order valence-electron chi connectivity index (χ3n) is 5.04. The molecule has 0 aliphatic carbocycles. The lowest BCUT2D eigenvalue weighted by atomic mass is 9.89. The van der Waals surface area contributed by atoms with Gasteiger partial charge >= 0.3 is 0 Å². The number of hydrogen-bond donors (Lipinski definition) is 0.